The second kappa shape index (κ2) is 6.03. The van der Waals surface area contributed by atoms with E-state index in [1.165, 1.54) is 0 Å². The Morgan fingerprint density at radius 3 is 2.90 bits per heavy atom. The molecule has 0 aromatic rings. The van der Waals surface area contributed by atoms with Gasteiger partial charge in [0.2, 0.25) is 0 Å². The molecule has 0 aromatic heterocycles. The molecule has 0 saturated carbocycles. The summed E-state index contributed by atoms with van der Waals surface area (Å²) in [4.78, 5) is 10.5. The molecule has 0 rings (SSSR count). The average Bonchev–Trinajstić information content (AvgIpc) is 1.89. The highest BCUT2D eigenvalue weighted by Gasteiger charge is 1.92. The lowest BCUT2D eigenvalue weighted by molar-refractivity contribution is -0.114. The second-order valence-electron chi connectivity index (χ2n) is 1.64. The maximum atomic E-state index is 10.5. The van der Waals surface area contributed by atoms with Gasteiger partial charge in [0.25, 0.3) is 5.91 Å². The van der Waals surface area contributed by atoms with Crippen LogP contribution in [0.4, 0.5) is 0 Å². The van der Waals surface area contributed by atoms with Crippen molar-refractivity contribution in [1.82, 2.24) is 10.6 Å². The molecule has 0 aliphatic carbocycles. The monoisotopic (exact) mass is 145 g/mol. The third kappa shape index (κ3) is 5.04. The number of nitrogens with one attached hydrogen (secondary N) is 2. The lowest BCUT2D eigenvalue weighted by Crippen LogP contribution is -2.30. The maximum Gasteiger partial charge on any atom is 0.265 e. The summed E-state index contributed by atoms with van der Waals surface area (Å²) in [7, 11) is 1.78. The molecule has 0 heterocycles. The largest absolute Gasteiger partial charge is 0.411 e. The van der Waals surface area contributed by atoms with Crippen LogP contribution in [0.2, 0.25) is 0 Å². The molecule has 5 nitrogen and oxygen atoms in total. The Hall–Kier alpha value is -1.10. The summed E-state index contributed by atoms with van der Waals surface area (Å²) >= 11 is 0. The smallest absolute Gasteiger partial charge is 0.265 e. The number of hydrogen-bond donors (Lipinski definition) is 3. The fourth-order valence-corrected chi connectivity index (χ4v) is 0.409. The molecular formula is C5H11N3O2. The predicted octanol–water partition coefficient (Wildman–Crippen LogP) is -1.22. The minimum atomic E-state index is -0.391. The third-order valence-electron chi connectivity index (χ3n) is 0.849. The molecule has 58 valence electrons. The number of carbonyl (C=O) groups is 1. The standard InChI is InChI=1S/C5H11N3O2/c1-6-2-3-7-5(9)4-8-10/h4,6,10H,2-3H2,1H3,(H,7,9)/b8-4+. The van der Waals surface area contributed by atoms with Gasteiger partial charge in [-0.1, -0.05) is 5.16 Å². The molecule has 0 saturated heterocycles. The van der Waals surface area contributed by atoms with E-state index in [0.29, 0.717) is 13.1 Å². The highest BCUT2D eigenvalue weighted by Crippen LogP contribution is 1.59. The van der Waals surface area contributed by atoms with Crippen molar-refractivity contribution in [3.8, 4) is 0 Å². The summed E-state index contributed by atoms with van der Waals surface area (Å²) in [6.07, 6.45) is 0.815. The first kappa shape index (κ1) is 8.90. The minimum Gasteiger partial charge on any atom is -0.411 e. The summed E-state index contributed by atoms with van der Waals surface area (Å²) in [6, 6.07) is 0. The molecule has 0 fully saturated rings. The Balaban J connectivity index is 3.22. The molecule has 0 radical (unpaired) electrons. The van der Waals surface area contributed by atoms with Crippen LogP contribution in [0.1, 0.15) is 0 Å². The number of nitrogens with zero attached hydrogens (tertiary/aromatic N) is 1. The van der Waals surface area contributed by atoms with Crippen LogP contribution in [-0.4, -0.2) is 37.5 Å². The molecule has 0 unspecified atom stereocenters. The van der Waals surface area contributed by atoms with Gasteiger partial charge < -0.3 is 15.8 Å². The van der Waals surface area contributed by atoms with Crippen molar-refractivity contribution in [2.45, 2.75) is 0 Å². The molecule has 3 N–H and O–H groups in total. The highest BCUT2D eigenvalue weighted by atomic mass is 16.4. The van der Waals surface area contributed by atoms with Gasteiger partial charge in [-0.3, -0.25) is 4.79 Å². The molecule has 0 aliphatic heterocycles. The Morgan fingerprint density at radius 2 is 2.40 bits per heavy atom. The number of likely N-dealkylation sites (N-methyl/N-ethyl adjacent to an activating group) is 1. The van der Waals surface area contributed by atoms with E-state index in [4.69, 9.17) is 5.21 Å². The van der Waals surface area contributed by atoms with Gasteiger partial charge in [0.1, 0.15) is 6.21 Å². The number of amides is 1. The van der Waals surface area contributed by atoms with Gasteiger partial charge in [0.15, 0.2) is 0 Å². The van der Waals surface area contributed by atoms with Crippen molar-refractivity contribution in [2.24, 2.45) is 5.16 Å². The first-order valence-corrected chi connectivity index (χ1v) is 2.91. The molecule has 0 atom stereocenters. The SMILES string of the molecule is CNCCNC(=O)/C=N/O. The van der Waals surface area contributed by atoms with Gasteiger partial charge in [0, 0.05) is 13.1 Å². The van der Waals surface area contributed by atoms with Crippen molar-refractivity contribution < 1.29 is 10.0 Å². The maximum absolute atomic E-state index is 10.5. The van der Waals surface area contributed by atoms with Crippen LogP contribution in [0.3, 0.4) is 0 Å². The summed E-state index contributed by atoms with van der Waals surface area (Å²) in [5.41, 5.74) is 0. The van der Waals surface area contributed by atoms with Crippen molar-refractivity contribution in [1.29, 1.82) is 0 Å². The van der Waals surface area contributed by atoms with Crippen LogP contribution in [0.25, 0.3) is 0 Å². The van der Waals surface area contributed by atoms with E-state index in [2.05, 4.69) is 15.8 Å². The molecule has 0 aromatic carbocycles. The Bertz CT molecular complexity index is 124. The zero-order chi connectivity index (χ0) is 7.82. The van der Waals surface area contributed by atoms with Gasteiger partial charge in [0.05, 0.1) is 0 Å². The first-order chi connectivity index (χ1) is 4.81. The predicted molar refractivity (Wildman–Crippen MR) is 37.2 cm³/mol. The average molecular weight is 145 g/mol. The Labute approximate surface area is 59.1 Å². The summed E-state index contributed by atoms with van der Waals surface area (Å²) < 4.78 is 0. The van der Waals surface area contributed by atoms with E-state index in [1.54, 1.807) is 7.05 Å². The van der Waals surface area contributed by atoms with Crippen molar-refractivity contribution in [3.05, 3.63) is 0 Å². The molecule has 5 heteroatoms. The van der Waals surface area contributed by atoms with Gasteiger partial charge in [-0.25, -0.2) is 0 Å². The van der Waals surface area contributed by atoms with Crippen molar-refractivity contribution in [2.75, 3.05) is 20.1 Å². The molecule has 10 heavy (non-hydrogen) atoms. The van der Waals surface area contributed by atoms with Crippen LogP contribution in [0.15, 0.2) is 5.16 Å². The third-order valence-corrected chi connectivity index (χ3v) is 0.849. The summed E-state index contributed by atoms with van der Waals surface area (Å²) in [6.45, 7) is 1.23. The molecular weight excluding hydrogens is 134 g/mol. The lowest BCUT2D eigenvalue weighted by atomic mass is 10.6. The fraction of sp³-hybridized carbons (Fsp3) is 0.600. The lowest BCUT2D eigenvalue weighted by Gasteiger charge is -1.98. The van der Waals surface area contributed by atoms with E-state index in [1.807, 2.05) is 0 Å². The normalized spacial score (nSPS) is 10.1. The molecule has 0 bridgehead atoms. The van der Waals surface area contributed by atoms with Crippen LogP contribution in [-0.2, 0) is 4.79 Å². The second-order valence-corrected chi connectivity index (χ2v) is 1.64. The van der Waals surface area contributed by atoms with E-state index >= 15 is 0 Å². The van der Waals surface area contributed by atoms with Gasteiger partial charge >= 0.3 is 0 Å². The minimum absolute atomic E-state index is 0.391. The van der Waals surface area contributed by atoms with Crippen LogP contribution in [0.5, 0.6) is 0 Å². The van der Waals surface area contributed by atoms with E-state index in [0.717, 1.165) is 6.21 Å². The van der Waals surface area contributed by atoms with Crippen molar-refractivity contribution in [3.63, 3.8) is 0 Å². The van der Waals surface area contributed by atoms with Crippen molar-refractivity contribution >= 4 is 12.1 Å². The summed E-state index contributed by atoms with van der Waals surface area (Å²) in [5, 5.41) is 15.8. The molecule has 0 aliphatic rings. The zero-order valence-corrected chi connectivity index (χ0v) is 5.79. The number of carbonyl (C=O) groups excluding carboxylic acids is 1. The first-order valence-electron chi connectivity index (χ1n) is 2.91. The number of hydrogen-bond acceptors (Lipinski definition) is 4. The molecule has 1 amide bonds. The molecule has 0 spiro atoms. The quantitative estimate of drug-likeness (QED) is 0.201. The summed E-state index contributed by atoms with van der Waals surface area (Å²) in [5.74, 6) is -0.391. The van der Waals surface area contributed by atoms with Crippen LogP contribution < -0.4 is 10.6 Å². The topological polar surface area (TPSA) is 73.7 Å². The number of oxime groups is 1. The van der Waals surface area contributed by atoms with Gasteiger partial charge in [-0.05, 0) is 7.05 Å². The van der Waals surface area contributed by atoms with Gasteiger partial charge in [-0.2, -0.15) is 0 Å². The highest BCUT2D eigenvalue weighted by molar-refractivity contribution is 6.25. The van der Waals surface area contributed by atoms with Crippen LogP contribution >= 0.6 is 0 Å². The van der Waals surface area contributed by atoms with E-state index in [9.17, 15) is 4.79 Å². The van der Waals surface area contributed by atoms with E-state index < -0.39 is 5.91 Å². The number of rotatable bonds is 4. The zero-order valence-electron chi connectivity index (χ0n) is 5.79. The van der Waals surface area contributed by atoms with Crippen LogP contribution in [0, 0.1) is 0 Å². The fourth-order valence-electron chi connectivity index (χ4n) is 0.409. The van der Waals surface area contributed by atoms with E-state index in [-0.39, 0.29) is 0 Å². The Kier molecular flexibility index (Phi) is 5.36. The van der Waals surface area contributed by atoms with Gasteiger partial charge in [-0.15, -0.1) is 0 Å². The Morgan fingerprint density at radius 1 is 1.70 bits per heavy atom.